The molecule has 0 spiro atoms. The summed E-state index contributed by atoms with van der Waals surface area (Å²) >= 11 is 0. The Morgan fingerprint density at radius 2 is 1.95 bits per heavy atom. The van der Waals surface area contributed by atoms with E-state index in [0.29, 0.717) is 11.1 Å². The van der Waals surface area contributed by atoms with Crippen LogP contribution in [0.1, 0.15) is 40.9 Å². The van der Waals surface area contributed by atoms with E-state index in [1.807, 2.05) is 13.1 Å². The molecule has 1 unspecified atom stereocenters. The van der Waals surface area contributed by atoms with Crippen molar-refractivity contribution >= 4 is 0 Å². The summed E-state index contributed by atoms with van der Waals surface area (Å²) in [7, 11) is 1.80. The number of alkyl halides is 3. The third kappa shape index (κ3) is 3.10. The lowest BCUT2D eigenvalue weighted by atomic mass is 9.94. The van der Waals surface area contributed by atoms with Crippen LogP contribution >= 0.6 is 0 Å². The van der Waals surface area contributed by atoms with Crippen LogP contribution < -0.4 is 5.73 Å². The quantitative estimate of drug-likeness (QED) is 0.944. The fourth-order valence-corrected chi connectivity index (χ4v) is 2.46. The lowest BCUT2D eigenvalue weighted by molar-refractivity contribution is -0.137. The zero-order valence-electron chi connectivity index (χ0n) is 12.2. The molecule has 2 aromatic rings. The van der Waals surface area contributed by atoms with E-state index in [1.54, 1.807) is 18.7 Å². The molecule has 0 aliphatic rings. The van der Waals surface area contributed by atoms with E-state index < -0.39 is 17.8 Å². The van der Waals surface area contributed by atoms with Crippen molar-refractivity contribution in [1.82, 2.24) is 9.78 Å². The molecule has 0 saturated carbocycles. The first kappa shape index (κ1) is 15.6. The van der Waals surface area contributed by atoms with Crippen molar-refractivity contribution in [3.63, 3.8) is 0 Å². The molecule has 2 N–H and O–H groups in total. The Morgan fingerprint density at radius 3 is 2.48 bits per heavy atom. The van der Waals surface area contributed by atoms with Crippen molar-refractivity contribution in [1.29, 1.82) is 0 Å². The number of benzene rings is 1. The molecule has 2 rings (SSSR count). The summed E-state index contributed by atoms with van der Waals surface area (Å²) in [5.74, 6) is 0. The van der Waals surface area contributed by atoms with Crippen LogP contribution in [0.3, 0.4) is 0 Å². The lowest BCUT2D eigenvalue weighted by Crippen LogP contribution is -2.15. The van der Waals surface area contributed by atoms with Crippen LogP contribution in [0.25, 0.3) is 0 Å². The minimum absolute atomic E-state index is 0.476. The smallest absolute Gasteiger partial charge is 0.320 e. The first-order valence-corrected chi connectivity index (χ1v) is 6.69. The third-order valence-electron chi connectivity index (χ3n) is 3.54. The van der Waals surface area contributed by atoms with Crippen LogP contribution in [0.15, 0.2) is 24.4 Å². The van der Waals surface area contributed by atoms with Gasteiger partial charge in [-0.3, -0.25) is 4.68 Å². The average Bonchev–Trinajstić information content (AvgIpc) is 2.78. The maximum atomic E-state index is 12.7. The summed E-state index contributed by atoms with van der Waals surface area (Å²) in [6.07, 6.45) is -1.79. The minimum Gasteiger partial charge on any atom is -0.320 e. The van der Waals surface area contributed by atoms with E-state index in [0.717, 1.165) is 29.8 Å². The van der Waals surface area contributed by atoms with Crippen molar-refractivity contribution in [2.75, 3.05) is 0 Å². The molecule has 114 valence electrons. The SMILES string of the molecule is CCc1nn(C)cc1C(N)c1ccc(C(F)(F)F)cc1C. The molecule has 1 aromatic heterocycles. The van der Waals surface area contributed by atoms with Gasteiger partial charge in [-0.05, 0) is 36.6 Å². The number of aryl methyl sites for hydroxylation is 3. The molecule has 0 amide bonds. The van der Waals surface area contributed by atoms with Crippen molar-refractivity contribution in [2.24, 2.45) is 12.8 Å². The maximum Gasteiger partial charge on any atom is 0.416 e. The summed E-state index contributed by atoms with van der Waals surface area (Å²) in [6.45, 7) is 3.62. The number of hydrogen-bond donors (Lipinski definition) is 1. The molecule has 21 heavy (non-hydrogen) atoms. The number of nitrogens with zero attached hydrogens (tertiary/aromatic N) is 2. The zero-order valence-corrected chi connectivity index (χ0v) is 12.2. The Kier molecular flexibility index (Phi) is 4.09. The molecule has 0 bridgehead atoms. The summed E-state index contributed by atoms with van der Waals surface area (Å²) in [5.41, 5.74) is 8.51. The van der Waals surface area contributed by atoms with Gasteiger partial charge in [0.1, 0.15) is 0 Å². The monoisotopic (exact) mass is 297 g/mol. The second-order valence-corrected chi connectivity index (χ2v) is 5.11. The highest BCUT2D eigenvalue weighted by atomic mass is 19.4. The number of hydrogen-bond acceptors (Lipinski definition) is 2. The molecule has 1 heterocycles. The van der Waals surface area contributed by atoms with E-state index in [9.17, 15) is 13.2 Å². The van der Waals surface area contributed by atoms with Crippen molar-refractivity contribution in [2.45, 2.75) is 32.5 Å². The van der Waals surface area contributed by atoms with E-state index in [2.05, 4.69) is 5.10 Å². The van der Waals surface area contributed by atoms with Gasteiger partial charge in [0.2, 0.25) is 0 Å². The van der Waals surface area contributed by atoms with Crippen LogP contribution in [0.4, 0.5) is 13.2 Å². The van der Waals surface area contributed by atoms with Gasteiger partial charge in [-0.15, -0.1) is 0 Å². The highest BCUT2D eigenvalue weighted by Gasteiger charge is 2.31. The van der Waals surface area contributed by atoms with Gasteiger partial charge in [0.05, 0.1) is 17.3 Å². The number of nitrogens with two attached hydrogens (primary N) is 1. The maximum absolute atomic E-state index is 12.7. The van der Waals surface area contributed by atoms with Gasteiger partial charge in [-0.1, -0.05) is 13.0 Å². The molecular weight excluding hydrogens is 279 g/mol. The van der Waals surface area contributed by atoms with Crippen LogP contribution in [0, 0.1) is 6.92 Å². The summed E-state index contributed by atoms with van der Waals surface area (Å²) in [5, 5.41) is 4.32. The summed E-state index contributed by atoms with van der Waals surface area (Å²) in [6, 6.07) is 3.19. The Hall–Kier alpha value is -1.82. The normalized spacial score (nSPS) is 13.5. The van der Waals surface area contributed by atoms with Crippen molar-refractivity contribution in [3.8, 4) is 0 Å². The molecule has 1 aromatic carbocycles. The number of halogens is 3. The molecule has 3 nitrogen and oxygen atoms in total. The Labute approximate surface area is 121 Å². The van der Waals surface area contributed by atoms with Gasteiger partial charge in [-0.2, -0.15) is 18.3 Å². The van der Waals surface area contributed by atoms with Gasteiger partial charge in [0, 0.05) is 18.8 Å². The Morgan fingerprint density at radius 1 is 1.29 bits per heavy atom. The highest BCUT2D eigenvalue weighted by Crippen LogP contribution is 2.32. The molecule has 0 radical (unpaired) electrons. The van der Waals surface area contributed by atoms with Crippen molar-refractivity contribution < 1.29 is 13.2 Å². The van der Waals surface area contributed by atoms with Gasteiger partial charge in [0.25, 0.3) is 0 Å². The fraction of sp³-hybridized carbons (Fsp3) is 0.400. The first-order chi connectivity index (χ1) is 9.74. The first-order valence-electron chi connectivity index (χ1n) is 6.69. The van der Waals surface area contributed by atoms with Gasteiger partial charge in [-0.25, -0.2) is 0 Å². The standard InChI is InChI=1S/C15H18F3N3/c1-4-13-12(8-21(3)20-13)14(19)11-6-5-10(7-9(11)2)15(16,17)18/h5-8,14H,4,19H2,1-3H3. The van der Waals surface area contributed by atoms with Gasteiger partial charge < -0.3 is 5.73 Å². The van der Waals surface area contributed by atoms with Crippen LogP contribution in [-0.4, -0.2) is 9.78 Å². The molecule has 1 atom stereocenters. The molecule has 6 heteroatoms. The lowest BCUT2D eigenvalue weighted by Gasteiger charge is -2.16. The summed E-state index contributed by atoms with van der Waals surface area (Å²) in [4.78, 5) is 0. The predicted octanol–water partition coefficient (Wildman–Crippen LogP) is 3.36. The second kappa shape index (κ2) is 5.52. The number of aromatic nitrogens is 2. The number of rotatable bonds is 3. The molecule has 0 fully saturated rings. The Bertz CT molecular complexity index is 644. The molecule has 0 aliphatic heterocycles. The topological polar surface area (TPSA) is 43.8 Å². The van der Waals surface area contributed by atoms with Crippen LogP contribution in [0.2, 0.25) is 0 Å². The fourth-order valence-electron chi connectivity index (χ4n) is 2.46. The van der Waals surface area contributed by atoms with Crippen LogP contribution in [0.5, 0.6) is 0 Å². The highest BCUT2D eigenvalue weighted by molar-refractivity contribution is 5.40. The zero-order chi connectivity index (χ0) is 15.8. The minimum atomic E-state index is -4.34. The van der Waals surface area contributed by atoms with Crippen molar-refractivity contribution in [3.05, 3.63) is 52.3 Å². The van der Waals surface area contributed by atoms with Gasteiger partial charge in [0.15, 0.2) is 0 Å². The summed E-state index contributed by atoms with van der Waals surface area (Å²) < 4.78 is 39.8. The van der Waals surface area contributed by atoms with E-state index >= 15 is 0 Å². The average molecular weight is 297 g/mol. The molecule has 0 aliphatic carbocycles. The largest absolute Gasteiger partial charge is 0.416 e. The van der Waals surface area contributed by atoms with Gasteiger partial charge >= 0.3 is 6.18 Å². The van der Waals surface area contributed by atoms with E-state index in [-0.39, 0.29) is 0 Å². The van der Waals surface area contributed by atoms with Crippen LogP contribution in [-0.2, 0) is 19.6 Å². The third-order valence-corrected chi connectivity index (χ3v) is 3.54. The molecule has 0 saturated heterocycles. The predicted molar refractivity (Wildman–Crippen MR) is 74.8 cm³/mol. The Balaban J connectivity index is 2.42. The molecular formula is C15H18F3N3. The van der Waals surface area contributed by atoms with E-state index in [1.165, 1.54) is 6.07 Å². The van der Waals surface area contributed by atoms with E-state index in [4.69, 9.17) is 5.73 Å². The second-order valence-electron chi connectivity index (χ2n) is 5.11.